The average Bonchev–Trinajstić information content (AvgIpc) is 3.73. The van der Waals surface area contributed by atoms with Crippen LogP contribution in [0.5, 0.6) is 0 Å². The second kappa shape index (κ2) is 11.9. The molecule has 1 heterocycles. The van der Waals surface area contributed by atoms with Crippen LogP contribution in [0.3, 0.4) is 0 Å². The van der Waals surface area contributed by atoms with Crippen molar-refractivity contribution >= 4 is 76.0 Å². The van der Waals surface area contributed by atoms with Gasteiger partial charge in [0.05, 0.1) is 0 Å². The quantitative estimate of drug-likeness (QED) is 0.170. The van der Waals surface area contributed by atoms with Gasteiger partial charge < -0.3 is 0 Å². The molecule has 0 saturated heterocycles. The molecule has 0 saturated carbocycles. The lowest BCUT2D eigenvalue weighted by Crippen LogP contribution is -2.31. The summed E-state index contributed by atoms with van der Waals surface area (Å²) in [7, 11) is 0. The molecular formula is C55H38S. The first kappa shape index (κ1) is 32.0. The number of hydrogen-bond acceptors (Lipinski definition) is 1. The van der Waals surface area contributed by atoms with E-state index in [4.69, 9.17) is 0 Å². The molecular weight excluding hydrogens is 693 g/mol. The highest BCUT2D eigenvalue weighted by Gasteiger charge is 2.36. The lowest BCUT2D eigenvalue weighted by molar-refractivity contribution is 0.661. The third kappa shape index (κ3) is 4.53. The van der Waals surface area contributed by atoms with E-state index in [-0.39, 0.29) is 5.41 Å². The van der Waals surface area contributed by atoms with Crippen LogP contribution >= 0.6 is 11.3 Å². The molecule has 10 aromatic rings. The van der Waals surface area contributed by atoms with Crippen molar-refractivity contribution in [2.45, 2.75) is 32.1 Å². The van der Waals surface area contributed by atoms with Crippen LogP contribution in [0.2, 0.25) is 0 Å². The molecule has 2 aliphatic carbocycles. The Kier molecular flexibility index (Phi) is 6.78. The van der Waals surface area contributed by atoms with Crippen LogP contribution in [-0.2, 0) is 5.41 Å². The highest BCUT2D eigenvalue weighted by Crippen LogP contribution is 2.52. The molecule has 12 rings (SSSR count). The van der Waals surface area contributed by atoms with E-state index in [0.717, 1.165) is 12.8 Å². The smallest absolute Gasteiger partial charge is 0.0361 e. The average molecular weight is 731 g/mol. The summed E-state index contributed by atoms with van der Waals surface area (Å²) in [6.45, 7) is 4.80. The summed E-state index contributed by atoms with van der Waals surface area (Å²) in [4.78, 5) is 0. The number of fused-ring (bicyclic) bond motifs is 11. The highest BCUT2D eigenvalue weighted by atomic mass is 32.1. The fourth-order valence-electron chi connectivity index (χ4n) is 10.2. The van der Waals surface area contributed by atoms with Gasteiger partial charge >= 0.3 is 0 Å². The van der Waals surface area contributed by atoms with Gasteiger partial charge in [0.25, 0.3) is 0 Å². The van der Waals surface area contributed by atoms with Crippen LogP contribution in [0.4, 0.5) is 0 Å². The molecule has 0 bridgehead atoms. The SMILES string of the molecule is CC1(C)c2ccc(-c3cccc(-c4c5c(c(-c6cccc7ccccc67)c6ccccc46)=CCCC=5)c3)cc2-c2cc3ccc4sc5ccccc5c4c3cc21. The van der Waals surface area contributed by atoms with E-state index >= 15 is 0 Å². The predicted octanol–water partition coefficient (Wildman–Crippen LogP) is 14.2. The van der Waals surface area contributed by atoms with Gasteiger partial charge in [-0.1, -0.05) is 147 Å². The van der Waals surface area contributed by atoms with Crippen LogP contribution in [-0.4, -0.2) is 0 Å². The van der Waals surface area contributed by atoms with Crippen LogP contribution in [0.25, 0.3) is 109 Å². The van der Waals surface area contributed by atoms with E-state index in [1.165, 1.54) is 119 Å². The van der Waals surface area contributed by atoms with Gasteiger partial charge in [-0.05, 0) is 148 Å². The van der Waals surface area contributed by atoms with E-state index in [0.29, 0.717) is 0 Å². The van der Waals surface area contributed by atoms with Gasteiger partial charge in [-0.15, -0.1) is 11.3 Å². The van der Waals surface area contributed by atoms with Crippen LogP contribution in [0.15, 0.2) is 158 Å². The Bertz CT molecular complexity index is 3440. The first-order chi connectivity index (χ1) is 27.5. The number of rotatable bonds is 3. The van der Waals surface area contributed by atoms with E-state index in [2.05, 4.69) is 184 Å². The molecule has 0 fully saturated rings. The summed E-state index contributed by atoms with van der Waals surface area (Å²) in [6, 6.07) is 59.7. The minimum absolute atomic E-state index is 0.0939. The fourth-order valence-corrected chi connectivity index (χ4v) is 11.4. The molecule has 0 unspecified atom stereocenters. The zero-order chi connectivity index (χ0) is 37.1. The Labute approximate surface area is 330 Å². The molecule has 0 nitrogen and oxygen atoms in total. The van der Waals surface area contributed by atoms with Crippen molar-refractivity contribution in [3.63, 3.8) is 0 Å². The van der Waals surface area contributed by atoms with E-state index < -0.39 is 0 Å². The highest BCUT2D eigenvalue weighted by molar-refractivity contribution is 7.26. The van der Waals surface area contributed by atoms with Gasteiger partial charge in [-0.25, -0.2) is 0 Å². The normalized spacial score (nSPS) is 14.2. The second-order valence-electron chi connectivity index (χ2n) is 16.3. The van der Waals surface area contributed by atoms with Gasteiger partial charge in [0, 0.05) is 25.6 Å². The summed E-state index contributed by atoms with van der Waals surface area (Å²) < 4.78 is 2.72. The number of benzene rings is 9. The Morgan fingerprint density at radius 2 is 1.07 bits per heavy atom. The van der Waals surface area contributed by atoms with Gasteiger partial charge in [0.15, 0.2) is 0 Å². The molecule has 9 aromatic carbocycles. The third-order valence-electron chi connectivity index (χ3n) is 12.9. The summed E-state index contributed by atoms with van der Waals surface area (Å²) >= 11 is 1.90. The van der Waals surface area contributed by atoms with Crippen molar-refractivity contribution in [1.82, 2.24) is 0 Å². The van der Waals surface area contributed by atoms with Crippen molar-refractivity contribution in [2.24, 2.45) is 0 Å². The molecule has 0 atom stereocenters. The minimum Gasteiger partial charge on any atom is -0.135 e. The van der Waals surface area contributed by atoms with Gasteiger partial charge in [0.2, 0.25) is 0 Å². The maximum Gasteiger partial charge on any atom is 0.0361 e. The molecule has 0 spiro atoms. The monoisotopic (exact) mass is 730 g/mol. The molecule has 0 amide bonds. The van der Waals surface area contributed by atoms with E-state index in [1.54, 1.807) is 0 Å². The summed E-state index contributed by atoms with van der Waals surface area (Å²) in [6.07, 6.45) is 7.08. The lowest BCUT2D eigenvalue weighted by Gasteiger charge is -2.22. The van der Waals surface area contributed by atoms with Crippen molar-refractivity contribution in [2.75, 3.05) is 0 Å². The lowest BCUT2D eigenvalue weighted by atomic mass is 9.81. The summed E-state index contributed by atoms with van der Waals surface area (Å²) in [5.74, 6) is 0. The molecule has 0 aliphatic heterocycles. The maximum absolute atomic E-state index is 2.51. The minimum atomic E-state index is -0.0939. The van der Waals surface area contributed by atoms with Crippen LogP contribution in [0.1, 0.15) is 37.8 Å². The van der Waals surface area contributed by atoms with Crippen molar-refractivity contribution in [3.05, 3.63) is 179 Å². The third-order valence-corrected chi connectivity index (χ3v) is 14.0. The van der Waals surface area contributed by atoms with Crippen molar-refractivity contribution in [3.8, 4) is 44.5 Å². The number of thiophene rings is 1. The first-order valence-electron chi connectivity index (χ1n) is 19.9. The van der Waals surface area contributed by atoms with E-state index in [1.807, 2.05) is 11.3 Å². The predicted molar refractivity (Wildman–Crippen MR) is 243 cm³/mol. The first-order valence-corrected chi connectivity index (χ1v) is 20.7. The Hall–Kier alpha value is -6.28. The summed E-state index contributed by atoms with van der Waals surface area (Å²) in [5.41, 5.74) is 13.2. The molecule has 0 radical (unpaired) electrons. The standard InChI is InChI=1S/C55H38S/c1-55(2)48-27-25-35(30-46(48)47-31-36-26-28-51-54(45(36)32-49(47)55)44-22-9-10-24-50(44)56-51)34-15-11-16-37(29-34)52-40-18-5-7-20-42(40)53(43-21-8-6-19-41(43)52)39-23-12-14-33-13-3-4-17-38(33)39/h3-5,7,9-32H,6,8H2,1-2H3. The zero-order valence-electron chi connectivity index (χ0n) is 31.5. The van der Waals surface area contributed by atoms with Crippen molar-refractivity contribution in [1.29, 1.82) is 0 Å². The molecule has 0 N–H and O–H groups in total. The largest absolute Gasteiger partial charge is 0.135 e. The zero-order valence-corrected chi connectivity index (χ0v) is 32.3. The second-order valence-corrected chi connectivity index (χ2v) is 17.3. The van der Waals surface area contributed by atoms with Crippen molar-refractivity contribution < 1.29 is 0 Å². The fraction of sp³-hybridized carbons (Fsp3) is 0.0909. The summed E-state index contributed by atoms with van der Waals surface area (Å²) in [5, 5.41) is 13.4. The van der Waals surface area contributed by atoms with Gasteiger partial charge in [-0.3, -0.25) is 0 Å². The molecule has 1 aromatic heterocycles. The Morgan fingerprint density at radius 1 is 0.411 bits per heavy atom. The van der Waals surface area contributed by atoms with E-state index in [9.17, 15) is 0 Å². The number of hydrogen-bond donors (Lipinski definition) is 0. The molecule has 264 valence electrons. The van der Waals surface area contributed by atoms with Gasteiger partial charge in [0.1, 0.15) is 0 Å². The molecule has 1 heteroatoms. The topological polar surface area (TPSA) is 0 Å². The van der Waals surface area contributed by atoms with Crippen LogP contribution in [0, 0.1) is 0 Å². The molecule has 2 aliphatic rings. The Morgan fingerprint density at radius 3 is 1.93 bits per heavy atom. The molecule has 56 heavy (non-hydrogen) atoms. The van der Waals surface area contributed by atoms with Crippen LogP contribution < -0.4 is 10.4 Å². The van der Waals surface area contributed by atoms with Gasteiger partial charge in [-0.2, -0.15) is 0 Å². The Balaban J connectivity index is 1.03. The maximum atomic E-state index is 2.51.